The van der Waals surface area contributed by atoms with Gasteiger partial charge in [0.2, 0.25) is 5.43 Å². The van der Waals surface area contributed by atoms with Crippen LogP contribution in [0.2, 0.25) is 0 Å². The number of pyridine rings is 1. The van der Waals surface area contributed by atoms with E-state index in [1.54, 1.807) is 6.92 Å². The summed E-state index contributed by atoms with van der Waals surface area (Å²) in [6.07, 6.45) is 3.63. The number of aromatic amines is 1. The van der Waals surface area contributed by atoms with E-state index in [4.69, 9.17) is 5.11 Å². The highest BCUT2D eigenvalue weighted by molar-refractivity contribution is 5.88. The lowest BCUT2D eigenvalue weighted by molar-refractivity contribution is 0.0695. The summed E-state index contributed by atoms with van der Waals surface area (Å²) in [5.41, 5.74) is -0.797. The molecule has 5 nitrogen and oxygen atoms in total. The van der Waals surface area contributed by atoms with Gasteiger partial charge in [-0.2, -0.15) is 0 Å². The van der Waals surface area contributed by atoms with Crippen molar-refractivity contribution >= 4 is 11.7 Å². The van der Waals surface area contributed by atoms with Crippen molar-refractivity contribution in [3.63, 3.8) is 0 Å². The quantitative estimate of drug-likeness (QED) is 0.532. The van der Waals surface area contributed by atoms with Gasteiger partial charge in [0.05, 0.1) is 5.56 Å². The Kier molecular flexibility index (Phi) is 3.30. The van der Waals surface area contributed by atoms with Crippen LogP contribution in [0, 0.1) is 6.92 Å². The Morgan fingerprint density at radius 2 is 2.12 bits per heavy atom. The van der Waals surface area contributed by atoms with Crippen molar-refractivity contribution in [1.82, 2.24) is 4.98 Å². The van der Waals surface area contributed by atoms with Crippen molar-refractivity contribution < 1.29 is 15.0 Å². The van der Waals surface area contributed by atoms with Crippen molar-refractivity contribution in [1.29, 1.82) is 0 Å². The van der Waals surface area contributed by atoms with Crippen molar-refractivity contribution in [2.75, 3.05) is 0 Å². The fourth-order valence-electron chi connectivity index (χ4n) is 1.29. The van der Waals surface area contributed by atoms with E-state index < -0.39 is 17.0 Å². The number of carboxylic acid groups (broad SMARTS) is 1. The molecule has 0 aliphatic rings. The third-order valence-corrected chi connectivity index (χ3v) is 2.04. The molecule has 0 aliphatic carbocycles. The minimum atomic E-state index is -1.34. The summed E-state index contributed by atoms with van der Waals surface area (Å²) in [5.74, 6) is -1.65. The molecule has 0 fully saturated rings. The molecule has 0 atom stereocenters. The summed E-state index contributed by atoms with van der Waals surface area (Å²) < 4.78 is 0. The van der Waals surface area contributed by atoms with Crippen LogP contribution in [-0.2, 0) is 0 Å². The van der Waals surface area contributed by atoms with Gasteiger partial charge in [-0.25, -0.2) is 4.79 Å². The molecule has 0 saturated carbocycles. The highest BCUT2D eigenvalue weighted by Gasteiger charge is 2.16. The second kappa shape index (κ2) is 4.48. The molecule has 0 aromatic carbocycles. The molecule has 84 valence electrons. The molecule has 3 N–H and O–H groups in total. The Bertz CT molecular complexity index is 525. The number of carbonyl (C=O) groups is 1. The molecule has 1 rings (SSSR count). The van der Waals surface area contributed by atoms with E-state index in [-0.39, 0.29) is 11.3 Å². The van der Waals surface area contributed by atoms with Crippen LogP contribution in [0.5, 0.6) is 0 Å². The maximum atomic E-state index is 11.7. The Morgan fingerprint density at radius 3 is 2.62 bits per heavy atom. The number of allylic oxidation sites excluding steroid dienone is 2. The van der Waals surface area contributed by atoms with Gasteiger partial charge < -0.3 is 15.2 Å². The SMILES string of the molecule is C=C/C=C(/O)c1c(C)[nH]cc(C(=O)O)c1=O. The number of hydrogen-bond donors (Lipinski definition) is 3. The molecule has 16 heavy (non-hydrogen) atoms. The van der Waals surface area contributed by atoms with Crippen LogP contribution >= 0.6 is 0 Å². The van der Waals surface area contributed by atoms with Crippen LogP contribution in [0.15, 0.2) is 29.7 Å². The molecule has 1 aromatic rings. The average molecular weight is 221 g/mol. The van der Waals surface area contributed by atoms with E-state index in [0.29, 0.717) is 5.69 Å². The molecule has 1 aromatic heterocycles. The lowest BCUT2D eigenvalue weighted by Crippen LogP contribution is -2.20. The number of H-pyrrole nitrogens is 1. The Morgan fingerprint density at radius 1 is 1.50 bits per heavy atom. The van der Waals surface area contributed by atoms with Gasteiger partial charge in [0.1, 0.15) is 11.3 Å². The largest absolute Gasteiger partial charge is 0.507 e. The molecule has 0 radical (unpaired) electrons. The normalized spacial score (nSPS) is 11.2. The molecule has 0 saturated heterocycles. The molecule has 1 heterocycles. The van der Waals surface area contributed by atoms with Crippen molar-refractivity contribution in [2.24, 2.45) is 0 Å². The molecule has 5 heteroatoms. The fraction of sp³-hybridized carbons (Fsp3) is 0.0909. The summed E-state index contributed by atoms with van der Waals surface area (Å²) >= 11 is 0. The minimum absolute atomic E-state index is 0.0557. The third-order valence-electron chi connectivity index (χ3n) is 2.04. The first-order valence-corrected chi connectivity index (χ1v) is 4.46. The zero-order chi connectivity index (χ0) is 12.3. The standard InChI is InChI=1S/C11H11NO4/c1-3-4-8(13)9-6(2)12-5-7(10(9)14)11(15)16/h3-5,13H,1H2,2H3,(H,12,14)(H,15,16)/b8-4+. The zero-order valence-corrected chi connectivity index (χ0v) is 8.65. The number of aromatic nitrogens is 1. The van der Waals surface area contributed by atoms with Gasteiger partial charge in [-0.3, -0.25) is 4.79 Å². The average Bonchev–Trinajstić information content (AvgIpc) is 2.17. The van der Waals surface area contributed by atoms with E-state index in [0.717, 1.165) is 6.20 Å². The first-order valence-electron chi connectivity index (χ1n) is 4.46. The van der Waals surface area contributed by atoms with Gasteiger partial charge in [-0.1, -0.05) is 12.7 Å². The van der Waals surface area contributed by atoms with Crippen LogP contribution in [-0.4, -0.2) is 21.2 Å². The second-order valence-corrected chi connectivity index (χ2v) is 3.12. The first-order chi connectivity index (χ1) is 7.49. The molecule has 0 bridgehead atoms. The van der Waals surface area contributed by atoms with E-state index >= 15 is 0 Å². The number of aliphatic hydroxyl groups is 1. The van der Waals surface area contributed by atoms with Gasteiger partial charge in [0.25, 0.3) is 0 Å². The number of aryl methyl sites for hydroxylation is 1. The lowest BCUT2D eigenvalue weighted by Gasteiger charge is -2.04. The van der Waals surface area contributed by atoms with Gasteiger partial charge in [0.15, 0.2) is 0 Å². The third kappa shape index (κ3) is 2.03. The van der Waals surface area contributed by atoms with Crippen LogP contribution in [0.1, 0.15) is 21.6 Å². The summed E-state index contributed by atoms with van der Waals surface area (Å²) in [6.45, 7) is 4.94. The van der Waals surface area contributed by atoms with E-state index in [2.05, 4.69) is 11.6 Å². The second-order valence-electron chi connectivity index (χ2n) is 3.12. The number of nitrogens with one attached hydrogen (secondary N) is 1. The van der Waals surface area contributed by atoms with Gasteiger partial charge >= 0.3 is 5.97 Å². The number of rotatable bonds is 3. The van der Waals surface area contributed by atoms with Gasteiger partial charge in [-0.05, 0) is 13.0 Å². The Balaban J connectivity index is 3.56. The number of hydrogen-bond acceptors (Lipinski definition) is 3. The molecule has 0 unspecified atom stereocenters. The Hall–Kier alpha value is -2.30. The summed E-state index contributed by atoms with van der Waals surface area (Å²) in [5, 5.41) is 18.3. The maximum absolute atomic E-state index is 11.7. The smallest absolute Gasteiger partial charge is 0.341 e. The minimum Gasteiger partial charge on any atom is -0.507 e. The summed E-state index contributed by atoms with van der Waals surface area (Å²) in [4.78, 5) is 25.1. The molecule has 0 spiro atoms. The fourth-order valence-corrected chi connectivity index (χ4v) is 1.29. The van der Waals surface area contributed by atoms with Crippen LogP contribution < -0.4 is 5.43 Å². The van der Waals surface area contributed by atoms with Crippen LogP contribution in [0.3, 0.4) is 0 Å². The summed E-state index contributed by atoms with van der Waals surface area (Å²) in [6, 6.07) is 0. The highest BCUT2D eigenvalue weighted by atomic mass is 16.4. The monoisotopic (exact) mass is 221 g/mol. The molecule has 0 aliphatic heterocycles. The van der Waals surface area contributed by atoms with Crippen molar-refractivity contribution in [3.05, 3.63) is 52.0 Å². The van der Waals surface area contributed by atoms with Crippen LogP contribution in [0.25, 0.3) is 5.76 Å². The van der Waals surface area contributed by atoms with Gasteiger partial charge in [0, 0.05) is 11.9 Å². The highest BCUT2D eigenvalue weighted by Crippen LogP contribution is 2.11. The van der Waals surface area contributed by atoms with Crippen molar-refractivity contribution in [3.8, 4) is 0 Å². The number of carboxylic acids is 1. The molecular formula is C11H11NO4. The first kappa shape index (κ1) is 11.8. The predicted octanol–water partition coefficient (Wildman–Crippen LogP) is 1.47. The van der Waals surface area contributed by atoms with E-state index in [9.17, 15) is 14.7 Å². The lowest BCUT2D eigenvalue weighted by atomic mass is 10.1. The van der Waals surface area contributed by atoms with E-state index in [1.165, 1.54) is 12.2 Å². The number of aromatic carboxylic acids is 1. The van der Waals surface area contributed by atoms with Crippen LogP contribution in [0.4, 0.5) is 0 Å². The van der Waals surface area contributed by atoms with E-state index in [1.807, 2.05) is 0 Å². The maximum Gasteiger partial charge on any atom is 0.341 e. The zero-order valence-electron chi connectivity index (χ0n) is 8.65. The summed E-state index contributed by atoms with van der Waals surface area (Å²) in [7, 11) is 0. The molecular weight excluding hydrogens is 210 g/mol. The van der Waals surface area contributed by atoms with Crippen molar-refractivity contribution in [2.45, 2.75) is 6.92 Å². The predicted molar refractivity (Wildman–Crippen MR) is 59.6 cm³/mol. The van der Waals surface area contributed by atoms with Gasteiger partial charge in [-0.15, -0.1) is 0 Å². The Labute approximate surface area is 91.4 Å². The topological polar surface area (TPSA) is 90.4 Å². The number of aliphatic hydroxyl groups excluding tert-OH is 1. The molecule has 0 amide bonds.